The number of carbonyl (C=O) groups excluding carboxylic acids is 1. The van der Waals surface area contributed by atoms with E-state index in [1.807, 2.05) is 30.3 Å². The van der Waals surface area contributed by atoms with Gasteiger partial charge in [0.15, 0.2) is 5.82 Å². The van der Waals surface area contributed by atoms with E-state index in [9.17, 15) is 4.79 Å². The Hall–Kier alpha value is -2.27. The Morgan fingerprint density at radius 3 is 2.35 bits per heavy atom. The molecule has 1 aromatic carbocycles. The molecule has 102 valence electrons. The zero-order chi connectivity index (χ0) is 14.0. The summed E-state index contributed by atoms with van der Waals surface area (Å²) in [6.07, 6.45) is 5.70. The number of benzene rings is 1. The van der Waals surface area contributed by atoms with E-state index >= 15 is 0 Å². The van der Waals surface area contributed by atoms with Crippen molar-refractivity contribution in [3.05, 3.63) is 42.7 Å². The van der Waals surface area contributed by atoms with E-state index in [2.05, 4.69) is 15.3 Å². The van der Waals surface area contributed by atoms with Gasteiger partial charge in [0.1, 0.15) is 0 Å². The second kappa shape index (κ2) is 5.02. The van der Waals surface area contributed by atoms with Crippen LogP contribution in [0.1, 0.15) is 19.3 Å². The van der Waals surface area contributed by atoms with E-state index in [1.165, 1.54) is 0 Å². The highest BCUT2D eigenvalue weighted by molar-refractivity contribution is 5.98. The fraction of sp³-hybridized carbons (Fsp3) is 0.267. The van der Waals surface area contributed by atoms with Crippen molar-refractivity contribution in [1.29, 1.82) is 0 Å². The normalized spacial score (nSPS) is 16.2. The fourth-order valence-electron chi connectivity index (χ4n) is 2.17. The Morgan fingerprint density at radius 2 is 1.80 bits per heavy atom. The molecule has 0 aliphatic heterocycles. The van der Waals surface area contributed by atoms with Crippen molar-refractivity contribution in [2.24, 2.45) is 5.73 Å². The van der Waals surface area contributed by atoms with Crippen molar-refractivity contribution in [3.8, 4) is 11.4 Å². The van der Waals surface area contributed by atoms with E-state index in [1.54, 1.807) is 12.4 Å². The summed E-state index contributed by atoms with van der Waals surface area (Å²) in [6.45, 7) is 0. The number of nitrogens with zero attached hydrogens (tertiary/aromatic N) is 2. The first-order chi connectivity index (χ1) is 9.67. The van der Waals surface area contributed by atoms with Crippen LogP contribution in [0.3, 0.4) is 0 Å². The molecular weight excluding hydrogens is 252 g/mol. The Morgan fingerprint density at radius 1 is 1.15 bits per heavy atom. The quantitative estimate of drug-likeness (QED) is 0.891. The Kier molecular flexibility index (Phi) is 3.20. The summed E-state index contributed by atoms with van der Waals surface area (Å²) in [5, 5.41) is 2.77. The van der Waals surface area contributed by atoms with Crippen LogP contribution in [0, 0.1) is 0 Å². The number of rotatable bonds is 3. The van der Waals surface area contributed by atoms with Crippen LogP contribution in [-0.2, 0) is 4.79 Å². The van der Waals surface area contributed by atoms with Gasteiger partial charge in [-0.1, -0.05) is 30.3 Å². The van der Waals surface area contributed by atoms with Crippen molar-refractivity contribution in [2.45, 2.75) is 24.8 Å². The maximum absolute atomic E-state index is 12.0. The molecule has 0 saturated heterocycles. The van der Waals surface area contributed by atoms with Gasteiger partial charge in [-0.2, -0.15) is 0 Å². The van der Waals surface area contributed by atoms with E-state index in [0.717, 1.165) is 24.8 Å². The molecule has 1 aromatic heterocycles. The van der Waals surface area contributed by atoms with Crippen LogP contribution in [-0.4, -0.2) is 21.4 Å². The molecular formula is C15H16N4O. The van der Waals surface area contributed by atoms with Crippen molar-refractivity contribution in [2.75, 3.05) is 5.32 Å². The number of hydrogen-bond acceptors (Lipinski definition) is 4. The minimum Gasteiger partial charge on any atom is -0.322 e. The first kappa shape index (κ1) is 12.7. The number of aromatic nitrogens is 2. The van der Waals surface area contributed by atoms with E-state index < -0.39 is 5.54 Å². The zero-order valence-electron chi connectivity index (χ0n) is 11.0. The Labute approximate surface area is 117 Å². The predicted molar refractivity (Wildman–Crippen MR) is 76.9 cm³/mol. The number of amides is 1. The molecule has 0 radical (unpaired) electrons. The molecule has 1 saturated carbocycles. The lowest BCUT2D eigenvalue weighted by Crippen LogP contribution is -2.56. The third-order valence-corrected chi connectivity index (χ3v) is 3.64. The van der Waals surface area contributed by atoms with Gasteiger partial charge in [0.25, 0.3) is 0 Å². The topological polar surface area (TPSA) is 80.9 Å². The number of nitrogens with one attached hydrogen (secondary N) is 1. The molecule has 1 aliphatic rings. The van der Waals surface area contributed by atoms with Crippen molar-refractivity contribution in [1.82, 2.24) is 9.97 Å². The summed E-state index contributed by atoms with van der Waals surface area (Å²) in [7, 11) is 0. The standard InChI is InChI=1S/C15H16N4O/c16-15(7-4-8-15)14(20)19-12-9-17-13(18-10-12)11-5-2-1-3-6-11/h1-3,5-6,9-10H,4,7-8,16H2,(H,19,20). The van der Waals surface area contributed by atoms with Gasteiger partial charge in [-0.05, 0) is 19.3 Å². The molecule has 0 bridgehead atoms. The summed E-state index contributed by atoms with van der Waals surface area (Å²) < 4.78 is 0. The smallest absolute Gasteiger partial charge is 0.244 e. The fourth-order valence-corrected chi connectivity index (χ4v) is 2.17. The van der Waals surface area contributed by atoms with Gasteiger partial charge in [-0.15, -0.1) is 0 Å². The highest BCUT2D eigenvalue weighted by Gasteiger charge is 2.40. The second-order valence-corrected chi connectivity index (χ2v) is 5.13. The SMILES string of the molecule is NC1(C(=O)Nc2cnc(-c3ccccc3)nc2)CCC1. The maximum Gasteiger partial charge on any atom is 0.244 e. The first-order valence-electron chi connectivity index (χ1n) is 6.65. The van der Waals surface area contributed by atoms with Crippen molar-refractivity contribution in [3.63, 3.8) is 0 Å². The van der Waals surface area contributed by atoms with Crippen LogP contribution in [0.4, 0.5) is 5.69 Å². The average molecular weight is 268 g/mol. The minimum atomic E-state index is -0.710. The van der Waals surface area contributed by atoms with Gasteiger partial charge in [0.05, 0.1) is 23.6 Å². The molecule has 5 nitrogen and oxygen atoms in total. The summed E-state index contributed by atoms with van der Waals surface area (Å²) in [6, 6.07) is 9.69. The van der Waals surface area contributed by atoms with Gasteiger partial charge in [0.2, 0.25) is 5.91 Å². The third-order valence-electron chi connectivity index (χ3n) is 3.64. The summed E-state index contributed by atoms with van der Waals surface area (Å²) >= 11 is 0. The van der Waals surface area contributed by atoms with Gasteiger partial charge in [0, 0.05) is 5.56 Å². The third kappa shape index (κ3) is 2.40. The van der Waals surface area contributed by atoms with E-state index in [0.29, 0.717) is 11.5 Å². The molecule has 2 aromatic rings. The van der Waals surface area contributed by atoms with Crippen LogP contribution >= 0.6 is 0 Å². The zero-order valence-corrected chi connectivity index (χ0v) is 11.0. The number of hydrogen-bond donors (Lipinski definition) is 2. The molecule has 0 unspecified atom stereocenters. The molecule has 20 heavy (non-hydrogen) atoms. The van der Waals surface area contributed by atoms with Crippen LogP contribution < -0.4 is 11.1 Å². The van der Waals surface area contributed by atoms with Crippen LogP contribution in [0.15, 0.2) is 42.7 Å². The van der Waals surface area contributed by atoms with Crippen LogP contribution in [0.2, 0.25) is 0 Å². The molecule has 0 atom stereocenters. The van der Waals surface area contributed by atoms with E-state index in [4.69, 9.17) is 5.73 Å². The average Bonchev–Trinajstić information content (AvgIpc) is 2.46. The molecule has 1 amide bonds. The lowest BCUT2D eigenvalue weighted by molar-refractivity contribution is -0.123. The van der Waals surface area contributed by atoms with Crippen molar-refractivity contribution < 1.29 is 4.79 Å². The molecule has 5 heteroatoms. The monoisotopic (exact) mass is 268 g/mol. The molecule has 1 heterocycles. The first-order valence-corrected chi connectivity index (χ1v) is 6.65. The number of anilines is 1. The largest absolute Gasteiger partial charge is 0.322 e. The predicted octanol–water partition coefficient (Wildman–Crippen LogP) is 1.96. The van der Waals surface area contributed by atoms with Gasteiger partial charge < -0.3 is 11.1 Å². The molecule has 1 aliphatic carbocycles. The minimum absolute atomic E-state index is 0.153. The molecule has 0 spiro atoms. The lowest BCUT2D eigenvalue weighted by Gasteiger charge is -2.36. The maximum atomic E-state index is 12.0. The summed E-state index contributed by atoms with van der Waals surface area (Å²) in [4.78, 5) is 20.5. The summed E-state index contributed by atoms with van der Waals surface area (Å²) in [5.74, 6) is 0.481. The molecule has 1 fully saturated rings. The van der Waals surface area contributed by atoms with Gasteiger partial charge in [-0.25, -0.2) is 9.97 Å². The highest BCUT2D eigenvalue weighted by atomic mass is 16.2. The second-order valence-electron chi connectivity index (χ2n) is 5.13. The molecule has 3 N–H and O–H groups in total. The Balaban J connectivity index is 1.72. The lowest BCUT2D eigenvalue weighted by atomic mass is 9.77. The Bertz CT molecular complexity index is 606. The van der Waals surface area contributed by atoms with Gasteiger partial charge >= 0.3 is 0 Å². The highest BCUT2D eigenvalue weighted by Crippen LogP contribution is 2.30. The van der Waals surface area contributed by atoms with E-state index in [-0.39, 0.29) is 5.91 Å². The van der Waals surface area contributed by atoms with Gasteiger partial charge in [-0.3, -0.25) is 4.79 Å². The number of carbonyl (C=O) groups is 1. The van der Waals surface area contributed by atoms with Crippen LogP contribution in [0.25, 0.3) is 11.4 Å². The summed E-state index contributed by atoms with van der Waals surface area (Å²) in [5.41, 5.74) is 6.77. The van der Waals surface area contributed by atoms with Crippen LogP contribution in [0.5, 0.6) is 0 Å². The molecule has 3 rings (SSSR count). The van der Waals surface area contributed by atoms with Crippen molar-refractivity contribution >= 4 is 11.6 Å². The number of nitrogens with two attached hydrogens (primary N) is 1.